The van der Waals surface area contributed by atoms with Crippen LogP contribution in [0.4, 0.5) is 5.69 Å². The maximum absolute atomic E-state index is 13.6. The van der Waals surface area contributed by atoms with Gasteiger partial charge in [0.1, 0.15) is 0 Å². The average molecular weight is 470 g/mol. The molecule has 1 fully saturated rings. The van der Waals surface area contributed by atoms with Crippen molar-refractivity contribution in [1.82, 2.24) is 0 Å². The summed E-state index contributed by atoms with van der Waals surface area (Å²) < 4.78 is 0. The van der Waals surface area contributed by atoms with Crippen LogP contribution >= 0.6 is 0 Å². The third-order valence-corrected chi connectivity index (χ3v) is 6.82. The van der Waals surface area contributed by atoms with E-state index in [1.165, 1.54) is 6.08 Å². The number of nitrogens with one attached hydrogen (secondary N) is 1. The van der Waals surface area contributed by atoms with Gasteiger partial charge in [0.05, 0.1) is 12.0 Å². The standard InChI is InChI=1S/C30H31NO4/c32-21-24-9-14-26(15-10-24)25-12-7-23(8-13-25)20-30(17-2-1-3-18-30)29(35)31-27-6-4-5-22(19-27)11-16-28(33)34/h4-16,19,32H,1-3,17-18,20-21H2,(H,31,35)(H,33,34)/b16-11+. The molecule has 0 aliphatic heterocycles. The zero-order valence-corrected chi connectivity index (χ0v) is 19.7. The molecule has 5 heteroatoms. The molecule has 5 nitrogen and oxygen atoms in total. The predicted octanol–water partition coefficient (Wildman–Crippen LogP) is 6.08. The Hall–Kier alpha value is -3.70. The van der Waals surface area contributed by atoms with E-state index in [0.717, 1.165) is 66.0 Å². The highest BCUT2D eigenvalue weighted by atomic mass is 16.4. The number of aliphatic hydroxyl groups excluding tert-OH is 1. The van der Waals surface area contributed by atoms with E-state index < -0.39 is 11.4 Å². The van der Waals surface area contributed by atoms with E-state index in [1.54, 1.807) is 6.07 Å². The number of anilines is 1. The molecule has 3 aromatic rings. The number of hydrogen-bond acceptors (Lipinski definition) is 3. The summed E-state index contributed by atoms with van der Waals surface area (Å²) in [5.74, 6) is -0.978. The summed E-state index contributed by atoms with van der Waals surface area (Å²) in [6, 6.07) is 23.5. The molecule has 0 atom stereocenters. The normalized spacial score (nSPS) is 15.1. The fraction of sp³-hybridized carbons (Fsp3) is 0.267. The van der Waals surface area contributed by atoms with Crippen LogP contribution in [0.2, 0.25) is 0 Å². The molecule has 0 heterocycles. The number of amides is 1. The van der Waals surface area contributed by atoms with Gasteiger partial charge in [0.15, 0.2) is 0 Å². The minimum absolute atomic E-state index is 0.0280. The van der Waals surface area contributed by atoms with Crippen molar-refractivity contribution >= 4 is 23.6 Å². The maximum atomic E-state index is 13.6. The van der Waals surface area contributed by atoms with Crippen molar-refractivity contribution < 1.29 is 19.8 Å². The number of carboxylic acid groups (broad SMARTS) is 1. The second kappa shape index (κ2) is 11.2. The number of carbonyl (C=O) groups is 2. The second-order valence-electron chi connectivity index (χ2n) is 9.32. The molecule has 1 saturated carbocycles. The summed E-state index contributed by atoms with van der Waals surface area (Å²) in [6.45, 7) is 0.0344. The first-order chi connectivity index (χ1) is 17.0. The molecular weight excluding hydrogens is 438 g/mol. The van der Waals surface area contributed by atoms with E-state index >= 15 is 0 Å². The molecule has 4 rings (SSSR count). The van der Waals surface area contributed by atoms with Crippen molar-refractivity contribution in [3.05, 3.63) is 95.6 Å². The molecule has 0 saturated heterocycles. The monoisotopic (exact) mass is 469 g/mol. The Bertz CT molecular complexity index is 1190. The van der Waals surface area contributed by atoms with Crippen LogP contribution in [-0.2, 0) is 22.6 Å². The van der Waals surface area contributed by atoms with Crippen LogP contribution in [0.1, 0.15) is 48.8 Å². The first kappa shape index (κ1) is 24.4. The van der Waals surface area contributed by atoms with Crippen molar-refractivity contribution in [2.75, 3.05) is 5.32 Å². The topological polar surface area (TPSA) is 86.6 Å². The van der Waals surface area contributed by atoms with E-state index in [-0.39, 0.29) is 12.5 Å². The lowest BCUT2D eigenvalue weighted by atomic mass is 9.69. The summed E-state index contributed by atoms with van der Waals surface area (Å²) >= 11 is 0. The Kier molecular flexibility index (Phi) is 7.78. The summed E-state index contributed by atoms with van der Waals surface area (Å²) in [4.78, 5) is 24.4. The molecule has 0 radical (unpaired) electrons. The summed E-state index contributed by atoms with van der Waals surface area (Å²) in [7, 11) is 0. The Morgan fingerprint density at radius 1 is 0.857 bits per heavy atom. The molecule has 3 aromatic carbocycles. The molecule has 180 valence electrons. The smallest absolute Gasteiger partial charge is 0.328 e. The molecule has 1 aliphatic rings. The number of rotatable bonds is 8. The van der Waals surface area contributed by atoms with Gasteiger partial charge in [-0.3, -0.25) is 4.79 Å². The zero-order chi connectivity index (χ0) is 24.7. The van der Waals surface area contributed by atoms with Crippen molar-refractivity contribution in [2.24, 2.45) is 5.41 Å². The minimum Gasteiger partial charge on any atom is -0.478 e. The van der Waals surface area contributed by atoms with Gasteiger partial charge in [0.2, 0.25) is 5.91 Å². The predicted molar refractivity (Wildman–Crippen MR) is 139 cm³/mol. The molecule has 0 aromatic heterocycles. The van der Waals surface area contributed by atoms with Gasteiger partial charge >= 0.3 is 5.97 Å². The van der Waals surface area contributed by atoms with Crippen LogP contribution in [0.25, 0.3) is 17.2 Å². The highest BCUT2D eigenvalue weighted by molar-refractivity contribution is 5.96. The SMILES string of the molecule is O=C(O)/C=C/c1cccc(NC(=O)C2(Cc3ccc(-c4ccc(CO)cc4)cc3)CCCCC2)c1. The van der Waals surface area contributed by atoms with Gasteiger partial charge in [-0.1, -0.05) is 79.9 Å². The average Bonchev–Trinajstić information content (AvgIpc) is 2.89. The molecule has 0 bridgehead atoms. The lowest BCUT2D eigenvalue weighted by Gasteiger charge is -2.36. The largest absolute Gasteiger partial charge is 0.478 e. The van der Waals surface area contributed by atoms with E-state index in [2.05, 4.69) is 29.6 Å². The maximum Gasteiger partial charge on any atom is 0.328 e. The van der Waals surface area contributed by atoms with Gasteiger partial charge in [-0.25, -0.2) is 4.79 Å². The summed E-state index contributed by atoms with van der Waals surface area (Å²) in [5.41, 5.74) is 5.16. The van der Waals surface area contributed by atoms with Gasteiger partial charge in [-0.15, -0.1) is 0 Å². The molecule has 1 aliphatic carbocycles. The lowest BCUT2D eigenvalue weighted by Crippen LogP contribution is -2.40. The minimum atomic E-state index is -1.01. The Balaban J connectivity index is 1.51. The van der Waals surface area contributed by atoms with Gasteiger partial charge in [0.25, 0.3) is 0 Å². The molecule has 3 N–H and O–H groups in total. The second-order valence-corrected chi connectivity index (χ2v) is 9.32. The Labute approximate surface area is 206 Å². The first-order valence-electron chi connectivity index (χ1n) is 12.1. The van der Waals surface area contributed by atoms with Gasteiger partial charge < -0.3 is 15.5 Å². The summed E-state index contributed by atoms with van der Waals surface area (Å²) in [5, 5.41) is 21.2. The highest BCUT2D eigenvalue weighted by Gasteiger charge is 2.39. The van der Waals surface area contributed by atoms with Crippen molar-refractivity contribution in [2.45, 2.75) is 45.1 Å². The van der Waals surface area contributed by atoms with E-state index in [4.69, 9.17) is 5.11 Å². The highest BCUT2D eigenvalue weighted by Crippen LogP contribution is 2.40. The fourth-order valence-electron chi connectivity index (χ4n) is 4.87. The number of aliphatic hydroxyl groups is 1. The van der Waals surface area contributed by atoms with Crippen molar-refractivity contribution in [3.63, 3.8) is 0 Å². The number of aliphatic carboxylic acids is 1. The third-order valence-electron chi connectivity index (χ3n) is 6.82. The van der Waals surface area contributed by atoms with E-state index in [1.807, 2.05) is 42.5 Å². The number of carboxylic acids is 1. The van der Waals surface area contributed by atoms with Crippen LogP contribution in [0.15, 0.2) is 78.9 Å². The van der Waals surface area contributed by atoms with E-state index in [0.29, 0.717) is 12.1 Å². The van der Waals surface area contributed by atoms with E-state index in [9.17, 15) is 14.7 Å². The van der Waals surface area contributed by atoms with Crippen molar-refractivity contribution in [1.29, 1.82) is 0 Å². The van der Waals surface area contributed by atoms with Gasteiger partial charge in [-0.2, -0.15) is 0 Å². The summed E-state index contributed by atoms with van der Waals surface area (Å²) in [6.07, 6.45) is 8.20. The molecule has 0 unspecified atom stereocenters. The Morgan fingerprint density at radius 3 is 2.09 bits per heavy atom. The molecular formula is C30H31NO4. The molecule has 0 spiro atoms. The van der Waals surface area contributed by atoms with Crippen LogP contribution < -0.4 is 5.32 Å². The van der Waals surface area contributed by atoms with Crippen molar-refractivity contribution in [3.8, 4) is 11.1 Å². The molecule has 1 amide bonds. The first-order valence-corrected chi connectivity index (χ1v) is 12.1. The number of hydrogen-bond donors (Lipinski definition) is 3. The van der Waals surface area contributed by atoms with Crippen LogP contribution in [0.3, 0.4) is 0 Å². The number of carbonyl (C=O) groups excluding carboxylic acids is 1. The molecule has 35 heavy (non-hydrogen) atoms. The Morgan fingerprint density at radius 2 is 1.49 bits per heavy atom. The van der Waals surface area contributed by atoms with Crippen LogP contribution in [0.5, 0.6) is 0 Å². The third kappa shape index (κ3) is 6.25. The van der Waals surface area contributed by atoms with Gasteiger partial charge in [0, 0.05) is 11.8 Å². The fourth-order valence-corrected chi connectivity index (χ4v) is 4.87. The lowest BCUT2D eigenvalue weighted by molar-refractivity contribution is -0.131. The number of benzene rings is 3. The van der Waals surface area contributed by atoms with Crippen LogP contribution in [0, 0.1) is 5.41 Å². The van der Waals surface area contributed by atoms with Crippen LogP contribution in [-0.4, -0.2) is 22.1 Å². The zero-order valence-electron chi connectivity index (χ0n) is 19.7. The van der Waals surface area contributed by atoms with Gasteiger partial charge in [-0.05, 0) is 65.3 Å². The quantitative estimate of drug-likeness (QED) is 0.349.